The van der Waals surface area contributed by atoms with Crippen LogP contribution in [0.25, 0.3) is 0 Å². The van der Waals surface area contributed by atoms with Crippen LogP contribution in [-0.2, 0) is 4.79 Å². The molecule has 0 aromatic heterocycles. The minimum absolute atomic E-state index is 0.124. The predicted octanol–water partition coefficient (Wildman–Crippen LogP) is 2.72. The molecule has 0 amide bonds. The molecule has 1 rings (SSSR count). The van der Waals surface area contributed by atoms with Crippen LogP contribution in [0.15, 0.2) is 16.6 Å². The monoisotopic (exact) mass is 331 g/mol. The first-order valence-corrected chi connectivity index (χ1v) is 6.67. The average molecular weight is 332 g/mol. The van der Waals surface area contributed by atoms with E-state index in [2.05, 4.69) is 15.9 Å². The summed E-state index contributed by atoms with van der Waals surface area (Å²) in [4.78, 5) is 10.5. The summed E-state index contributed by atoms with van der Waals surface area (Å²) < 4.78 is 11.2. The van der Waals surface area contributed by atoms with E-state index < -0.39 is 5.97 Å². The Balaban J connectivity index is 2.84. The first-order chi connectivity index (χ1) is 8.99. The number of nitrogens with two attached hydrogens (primary N) is 1. The summed E-state index contributed by atoms with van der Waals surface area (Å²) in [7, 11) is 3.13. The van der Waals surface area contributed by atoms with Gasteiger partial charge in [0.2, 0.25) is 0 Å². The van der Waals surface area contributed by atoms with Gasteiger partial charge in [0.1, 0.15) is 0 Å². The van der Waals surface area contributed by atoms with Crippen LogP contribution in [0.2, 0.25) is 0 Å². The van der Waals surface area contributed by atoms with Crippen molar-refractivity contribution in [2.45, 2.75) is 25.3 Å². The van der Waals surface area contributed by atoms with Gasteiger partial charge in [0.25, 0.3) is 0 Å². The van der Waals surface area contributed by atoms with Crippen LogP contribution in [0.3, 0.4) is 0 Å². The van der Waals surface area contributed by atoms with Crippen LogP contribution in [0.5, 0.6) is 11.5 Å². The van der Waals surface area contributed by atoms with Gasteiger partial charge in [-0.2, -0.15) is 0 Å². The van der Waals surface area contributed by atoms with Gasteiger partial charge in [-0.25, -0.2) is 0 Å². The fraction of sp³-hybridized carbons (Fsp3) is 0.462. The molecule has 0 aliphatic rings. The average Bonchev–Trinajstić information content (AvgIpc) is 2.37. The fourth-order valence-electron chi connectivity index (χ4n) is 1.78. The van der Waals surface area contributed by atoms with Gasteiger partial charge in [0.05, 0.1) is 14.2 Å². The zero-order chi connectivity index (χ0) is 14.4. The number of methoxy groups -OCH3 is 2. The van der Waals surface area contributed by atoms with E-state index in [1.807, 2.05) is 6.07 Å². The van der Waals surface area contributed by atoms with Crippen molar-refractivity contribution in [2.75, 3.05) is 14.2 Å². The number of carboxylic acids is 1. The summed E-state index contributed by atoms with van der Waals surface area (Å²) in [5.41, 5.74) is 6.96. The molecule has 0 heterocycles. The Hall–Kier alpha value is -1.27. The topological polar surface area (TPSA) is 81.8 Å². The number of aliphatic carboxylic acids is 1. The van der Waals surface area contributed by atoms with Gasteiger partial charge in [-0.05, 0) is 30.5 Å². The summed E-state index contributed by atoms with van der Waals surface area (Å²) in [5, 5.41) is 8.62. The predicted molar refractivity (Wildman–Crippen MR) is 75.7 cm³/mol. The number of ether oxygens (including phenoxy) is 2. The molecule has 0 bridgehead atoms. The highest BCUT2D eigenvalue weighted by Crippen LogP contribution is 2.36. The molecule has 0 fully saturated rings. The van der Waals surface area contributed by atoms with Crippen molar-refractivity contribution < 1.29 is 19.4 Å². The van der Waals surface area contributed by atoms with E-state index in [4.69, 9.17) is 20.3 Å². The van der Waals surface area contributed by atoms with E-state index in [9.17, 15) is 4.79 Å². The van der Waals surface area contributed by atoms with Crippen molar-refractivity contribution >= 4 is 21.9 Å². The van der Waals surface area contributed by atoms with E-state index in [1.54, 1.807) is 20.3 Å². The van der Waals surface area contributed by atoms with Crippen LogP contribution in [-0.4, -0.2) is 25.3 Å². The number of hydrogen-bond donors (Lipinski definition) is 2. The van der Waals surface area contributed by atoms with Crippen LogP contribution >= 0.6 is 15.9 Å². The maximum absolute atomic E-state index is 10.5. The minimum atomic E-state index is -0.807. The highest BCUT2D eigenvalue weighted by atomic mass is 79.9. The van der Waals surface area contributed by atoms with E-state index in [0.29, 0.717) is 24.3 Å². The van der Waals surface area contributed by atoms with Gasteiger partial charge in [0, 0.05) is 16.9 Å². The van der Waals surface area contributed by atoms with E-state index in [0.717, 1.165) is 10.0 Å². The maximum atomic E-state index is 10.5. The van der Waals surface area contributed by atoms with Gasteiger partial charge in [-0.3, -0.25) is 4.79 Å². The van der Waals surface area contributed by atoms with Gasteiger partial charge < -0.3 is 20.3 Å². The fourth-order valence-corrected chi connectivity index (χ4v) is 2.40. The molecule has 106 valence electrons. The molecule has 19 heavy (non-hydrogen) atoms. The Kier molecular flexibility index (Phi) is 6.11. The molecular formula is C13H18BrNO4. The minimum Gasteiger partial charge on any atom is -0.493 e. The Bertz CT molecular complexity index is 451. The molecule has 3 N–H and O–H groups in total. The lowest BCUT2D eigenvalue weighted by atomic mass is 10.0. The molecule has 1 unspecified atom stereocenters. The number of carbonyl (C=O) groups is 1. The van der Waals surface area contributed by atoms with Crippen LogP contribution in [0.1, 0.15) is 30.9 Å². The zero-order valence-electron chi connectivity index (χ0n) is 11.0. The highest BCUT2D eigenvalue weighted by molar-refractivity contribution is 9.10. The number of benzene rings is 1. The molecule has 0 aliphatic heterocycles. The molecule has 5 nitrogen and oxygen atoms in total. The number of hydrogen-bond acceptors (Lipinski definition) is 4. The number of carboxylic acid groups (broad SMARTS) is 1. The second-order valence-electron chi connectivity index (χ2n) is 4.12. The van der Waals surface area contributed by atoms with Gasteiger partial charge >= 0.3 is 5.97 Å². The Morgan fingerprint density at radius 3 is 2.47 bits per heavy atom. The summed E-state index contributed by atoms with van der Waals surface area (Å²) in [6.45, 7) is 0. The van der Waals surface area contributed by atoms with E-state index >= 15 is 0 Å². The second-order valence-corrected chi connectivity index (χ2v) is 4.98. The number of halogens is 1. The van der Waals surface area contributed by atoms with Crippen molar-refractivity contribution in [2.24, 2.45) is 5.73 Å². The van der Waals surface area contributed by atoms with Crippen LogP contribution < -0.4 is 15.2 Å². The summed E-state index contributed by atoms with van der Waals surface area (Å²) in [6.07, 6.45) is 1.26. The largest absolute Gasteiger partial charge is 0.493 e. The Morgan fingerprint density at radius 2 is 1.95 bits per heavy atom. The first kappa shape index (κ1) is 15.8. The van der Waals surface area contributed by atoms with Crippen LogP contribution in [0, 0.1) is 0 Å². The molecule has 0 spiro atoms. The molecule has 1 atom stereocenters. The van der Waals surface area contributed by atoms with Crippen molar-refractivity contribution in [1.82, 2.24) is 0 Å². The molecule has 0 saturated carbocycles. The van der Waals surface area contributed by atoms with Gasteiger partial charge in [0.15, 0.2) is 11.5 Å². The quantitative estimate of drug-likeness (QED) is 0.802. The van der Waals surface area contributed by atoms with Gasteiger partial charge in [-0.1, -0.05) is 15.9 Å². The lowest BCUT2D eigenvalue weighted by Crippen LogP contribution is -2.12. The third kappa shape index (κ3) is 4.40. The molecule has 0 radical (unpaired) electrons. The van der Waals surface area contributed by atoms with Crippen LogP contribution in [0.4, 0.5) is 0 Å². The normalized spacial score (nSPS) is 12.0. The first-order valence-electron chi connectivity index (χ1n) is 5.88. The molecule has 0 aliphatic carbocycles. The van der Waals surface area contributed by atoms with E-state index in [-0.39, 0.29) is 12.5 Å². The smallest absolute Gasteiger partial charge is 0.303 e. The second kappa shape index (κ2) is 7.35. The van der Waals surface area contributed by atoms with Crippen molar-refractivity contribution in [3.8, 4) is 11.5 Å². The lowest BCUT2D eigenvalue weighted by molar-refractivity contribution is -0.137. The summed E-state index contributed by atoms with van der Waals surface area (Å²) >= 11 is 3.44. The lowest BCUT2D eigenvalue weighted by Gasteiger charge is -2.16. The molecule has 6 heteroatoms. The van der Waals surface area contributed by atoms with Crippen molar-refractivity contribution in [3.05, 3.63) is 22.2 Å². The molecule has 0 saturated heterocycles. The van der Waals surface area contributed by atoms with E-state index in [1.165, 1.54) is 0 Å². The third-order valence-electron chi connectivity index (χ3n) is 2.81. The Morgan fingerprint density at radius 1 is 1.37 bits per heavy atom. The summed E-state index contributed by atoms with van der Waals surface area (Å²) in [5.74, 6) is 0.420. The molecule has 1 aromatic carbocycles. The zero-order valence-corrected chi connectivity index (χ0v) is 12.6. The number of rotatable bonds is 7. The Labute approximate surface area is 120 Å². The van der Waals surface area contributed by atoms with Crippen molar-refractivity contribution in [1.29, 1.82) is 0 Å². The van der Waals surface area contributed by atoms with Crippen molar-refractivity contribution in [3.63, 3.8) is 0 Å². The molecule has 1 aromatic rings. The molecular weight excluding hydrogens is 314 g/mol. The highest BCUT2D eigenvalue weighted by Gasteiger charge is 2.15. The third-order valence-corrected chi connectivity index (χ3v) is 3.49. The standard InChI is InChI=1S/C13H18BrNO4/c1-18-11-6-8(9(14)7-12(11)19-2)10(15)4-3-5-13(16)17/h6-7,10H,3-5,15H2,1-2H3,(H,16,17). The van der Waals surface area contributed by atoms with Gasteiger partial charge in [-0.15, -0.1) is 0 Å². The maximum Gasteiger partial charge on any atom is 0.303 e. The summed E-state index contributed by atoms with van der Waals surface area (Å²) in [6, 6.07) is 3.37. The SMILES string of the molecule is COc1cc(Br)c(C(N)CCCC(=O)O)cc1OC.